The smallest absolute Gasteiger partial charge is 0.120 e. The molecule has 0 saturated heterocycles. The van der Waals surface area contributed by atoms with E-state index in [1.54, 1.807) is 0 Å². The van der Waals surface area contributed by atoms with Gasteiger partial charge >= 0.3 is 0 Å². The average molecular weight is 255 g/mol. The van der Waals surface area contributed by atoms with E-state index >= 15 is 0 Å². The van der Waals surface area contributed by atoms with Crippen molar-refractivity contribution in [1.82, 2.24) is 0 Å². The first-order valence-electron chi connectivity index (χ1n) is 4.56. The van der Waals surface area contributed by atoms with Crippen LogP contribution in [0.15, 0.2) is 42.6 Å². The van der Waals surface area contributed by atoms with Crippen LogP contribution in [0.5, 0.6) is 0 Å². The maximum Gasteiger partial charge on any atom is 0.157 e. The molecule has 0 aliphatic rings. The van der Waals surface area contributed by atoms with Crippen molar-refractivity contribution in [2.24, 2.45) is 0 Å². The van der Waals surface area contributed by atoms with Crippen molar-refractivity contribution in [3.8, 4) is 0 Å². The Morgan fingerprint density at radius 1 is 1.38 bits per heavy atom. The van der Waals surface area contributed by atoms with E-state index in [0.29, 0.717) is 0 Å². The van der Waals surface area contributed by atoms with Crippen LogP contribution < -0.4 is 0 Å². The lowest BCUT2D eigenvalue weighted by molar-refractivity contribution is 1.29. The lowest BCUT2D eigenvalue weighted by Gasteiger charge is -2.18. The van der Waals surface area contributed by atoms with E-state index in [1.165, 1.54) is 11.6 Å². The Balaban J connectivity index is 2.73. The first-order chi connectivity index (χ1) is 6.20. The lowest BCUT2D eigenvalue weighted by Crippen LogP contribution is -2.26. The van der Waals surface area contributed by atoms with Crippen LogP contribution in [0, 0.1) is 0 Å². The summed E-state index contributed by atoms with van der Waals surface area (Å²) >= 11 is 3.84. The molecule has 70 valence electrons. The zero-order valence-corrected chi connectivity index (χ0v) is 10.5. The summed E-state index contributed by atoms with van der Waals surface area (Å²) in [6.07, 6.45) is 0. The molecule has 0 N–H and O–H groups in total. The molecule has 0 nitrogen and oxygen atoms in total. The predicted octanol–water partition coefficient (Wildman–Crippen LogP) is 3.85. The van der Waals surface area contributed by atoms with Crippen molar-refractivity contribution in [1.29, 1.82) is 0 Å². The molecule has 1 unspecified atom stereocenters. The number of rotatable bonds is 4. The highest BCUT2D eigenvalue weighted by atomic mass is 79.9. The number of hydrogen-bond acceptors (Lipinski definition) is 0. The molecule has 0 radical (unpaired) electrons. The fourth-order valence-electron chi connectivity index (χ4n) is 1.28. The van der Waals surface area contributed by atoms with Gasteiger partial charge in [0.1, 0.15) is 0 Å². The molecular formula is C11H15BrSi. The van der Waals surface area contributed by atoms with Crippen LogP contribution in [0.1, 0.15) is 12.5 Å². The van der Waals surface area contributed by atoms with Gasteiger partial charge in [0.2, 0.25) is 0 Å². The van der Waals surface area contributed by atoms with Gasteiger partial charge in [-0.3, -0.25) is 0 Å². The quantitative estimate of drug-likeness (QED) is 0.566. The van der Waals surface area contributed by atoms with E-state index in [1.807, 2.05) is 0 Å². The Morgan fingerprint density at radius 2 is 2.00 bits per heavy atom. The van der Waals surface area contributed by atoms with Gasteiger partial charge < -0.3 is 0 Å². The predicted molar refractivity (Wildman–Crippen MR) is 65.5 cm³/mol. The van der Waals surface area contributed by atoms with Gasteiger partial charge in [0.15, 0.2) is 6.69 Å². The van der Waals surface area contributed by atoms with Gasteiger partial charge in [0.05, 0.1) is 0 Å². The van der Waals surface area contributed by atoms with Crippen molar-refractivity contribution in [3.63, 3.8) is 0 Å². The number of halogens is 1. The van der Waals surface area contributed by atoms with Crippen molar-refractivity contribution in [3.05, 3.63) is 48.2 Å². The molecule has 1 rings (SSSR count). The van der Waals surface area contributed by atoms with Crippen LogP contribution in [0.3, 0.4) is 0 Å². The first-order valence-corrected chi connectivity index (χ1v) is 9.31. The highest BCUT2D eigenvalue weighted by molar-refractivity contribution is 9.26. The van der Waals surface area contributed by atoms with Crippen LogP contribution >= 0.6 is 15.3 Å². The second kappa shape index (κ2) is 4.77. The Labute approximate surface area is 89.3 Å². The highest BCUT2D eigenvalue weighted by Gasteiger charge is 2.23. The van der Waals surface area contributed by atoms with Crippen molar-refractivity contribution < 1.29 is 0 Å². The molecule has 1 atom stereocenters. The highest BCUT2D eigenvalue weighted by Crippen LogP contribution is 2.23. The molecule has 0 aliphatic heterocycles. The molecule has 0 saturated carbocycles. The minimum atomic E-state index is -1.36. The molecule has 0 heterocycles. The molecule has 13 heavy (non-hydrogen) atoms. The standard InChI is InChI=1S/C11H15BrSi/c1-3-13(12,4-2)10-11-8-6-5-7-9-11/h3,5-9H,1,4,10H2,2H3. The number of hydrogen-bond donors (Lipinski definition) is 0. The van der Waals surface area contributed by atoms with Gasteiger partial charge in [0.25, 0.3) is 0 Å². The summed E-state index contributed by atoms with van der Waals surface area (Å²) < 4.78 is 0. The summed E-state index contributed by atoms with van der Waals surface area (Å²) in [6.45, 7) is 4.78. The summed E-state index contributed by atoms with van der Waals surface area (Å²) in [5.74, 6) is 0. The summed E-state index contributed by atoms with van der Waals surface area (Å²) in [5, 5.41) is 0. The largest absolute Gasteiger partial charge is 0.157 e. The second-order valence-electron chi connectivity index (χ2n) is 3.25. The molecular weight excluding hydrogens is 240 g/mol. The molecule has 0 spiro atoms. The zero-order chi connectivity index (χ0) is 9.73. The minimum Gasteiger partial charge on any atom is -0.120 e. The van der Waals surface area contributed by atoms with Crippen LogP contribution in [0.25, 0.3) is 0 Å². The molecule has 0 bridgehead atoms. The monoisotopic (exact) mass is 254 g/mol. The lowest BCUT2D eigenvalue weighted by atomic mass is 10.2. The van der Waals surface area contributed by atoms with E-state index < -0.39 is 6.69 Å². The summed E-state index contributed by atoms with van der Waals surface area (Å²) in [5.41, 5.74) is 3.53. The molecule has 0 amide bonds. The first kappa shape index (κ1) is 10.7. The number of benzene rings is 1. The van der Waals surface area contributed by atoms with Gasteiger partial charge in [-0.1, -0.05) is 43.0 Å². The normalized spacial score (nSPS) is 14.9. The van der Waals surface area contributed by atoms with Gasteiger partial charge in [-0.05, 0) is 17.7 Å². The van der Waals surface area contributed by atoms with Crippen molar-refractivity contribution in [2.75, 3.05) is 0 Å². The third-order valence-electron chi connectivity index (χ3n) is 2.29. The van der Waals surface area contributed by atoms with Crippen LogP contribution in [-0.2, 0) is 6.04 Å². The fourth-order valence-corrected chi connectivity index (χ4v) is 3.85. The molecule has 2 heteroatoms. The average Bonchev–Trinajstić information content (AvgIpc) is 2.19. The summed E-state index contributed by atoms with van der Waals surface area (Å²) in [4.78, 5) is 0. The maximum absolute atomic E-state index is 3.91. The third kappa shape index (κ3) is 3.12. The Hall–Kier alpha value is -0.343. The molecule has 0 aliphatic carbocycles. The topological polar surface area (TPSA) is 0 Å². The van der Waals surface area contributed by atoms with E-state index in [9.17, 15) is 0 Å². The van der Waals surface area contributed by atoms with Gasteiger partial charge in [-0.15, -0.1) is 21.9 Å². The Morgan fingerprint density at radius 3 is 2.46 bits per heavy atom. The van der Waals surface area contributed by atoms with Gasteiger partial charge in [-0.2, -0.15) is 0 Å². The van der Waals surface area contributed by atoms with Crippen LogP contribution in [0.2, 0.25) is 6.04 Å². The molecule has 1 aromatic rings. The fraction of sp³-hybridized carbons (Fsp3) is 0.273. The van der Waals surface area contributed by atoms with Gasteiger partial charge in [-0.25, -0.2) is 0 Å². The van der Waals surface area contributed by atoms with E-state index in [0.717, 1.165) is 6.04 Å². The van der Waals surface area contributed by atoms with E-state index in [2.05, 4.69) is 64.8 Å². The SMILES string of the molecule is C=C[Si](Br)(CC)Cc1ccccc1. The third-order valence-corrected chi connectivity index (χ3v) is 8.69. The molecule has 1 aromatic carbocycles. The van der Waals surface area contributed by atoms with E-state index in [4.69, 9.17) is 0 Å². The maximum atomic E-state index is 3.91. The molecule has 0 fully saturated rings. The minimum absolute atomic E-state index is 1.15. The van der Waals surface area contributed by atoms with Crippen LogP contribution in [0.4, 0.5) is 0 Å². The van der Waals surface area contributed by atoms with Gasteiger partial charge in [0, 0.05) is 0 Å². The van der Waals surface area contributed by atoms with Crippen molar-refractivity contribution >= 4 is 22.0 Å². The summed E-state index contributed by atoms with van der Waals surface area (Å²) in [6, 6.07) is 13.0. The molecule has 0 aromatic heterocycles. The zero-order valence-electron chi connectivity index (χ0n) is 7.96. The summed E-state index contributed by atoms with van der Waals surface area (Å²) in [7, 11) is 0. The van der Waals surface area contributed by atoms with E-state index in [-0.39, 0.29) is 0 Å². The van der Waals surface area contributed by atoms with Crippen LogP contribution in [-0.4, -0.2) is 6.69 Å². The second-order valence-corrected chi connectivity index (χ2v) is 11.5. The van der Waals surface area contributed by atoms with Crippen molar-refractivity contribution in [2.45, 2.75) is 19.0 Å². The Bertz CT molecular complexity index is 271. The Kier molecular flexibility index (Phi) is 3.94.